The molecule has 1 amide bonds. The van der Waals surface area contributed by atoms with Crippen molar-refractivity contribution in [1.29, 1.82) is 0 Å². The number of hydrogen-bond donors (Lipinski definition) is 3. The van der Waals surface area contributed by atoms with Crippen molar-refractivity contribution in [2.24, 2.45) is 5.73 Å². The number of hydrogen-bond acceptors (Lipinski definition) is 4. The Bertz CT molecular complexity index is 357. The van der Waals surface area contributed by atoms with Gasteiger partial charge in [-0.05, 0) is 24.8 Å². The van der Waals surface area contributed by atoms with E-state index in [0.717, 1.165) is 25.8 Å². The molecule has 0 bridgehead atoms. The average molecular weight is 266 g/mol. The van der Waals surface area contributed by atoms with Crippen molar-refractivity contribution in [3.63, 3.8) is 0 Å². The third kappa shape index (κ3) is 7.43. The summed E-state index contributed by atoms with van der Waals surface area (Å²) >= 11 is 0. The predicted octanol–water partition coefficient (Wildman–Crippen LogP) is 1.40. The van der Waals surface area contributed by atoms with Gasteiger partial charge in [0, 0.05) is 12.6 Å². The lowest BCUT2D eigenvalue weighted by molar-refractivity contribution is 0.153. The summed E-state index contributed by atoms with van der Waals surface area (Å²) in [4.78, 5) is 10.4. The van der Waals surface area contributed by atoms with Gasteiger partial charge in [0.2, 0.25) is 0 Å². The molecule has 0 aromatic heterocycles. The standard InChI is InChI=1S/C14H22N2O3/c15-14(18)19-9-5-4-8-13(11-17)16-10-12-6-2-1-3-7-12/h1-3,6-7,13,16-17H,4-5,8-11H2,(H2,15,18). The fourth-order valence-electron chi connectivity index (χ4n) is 1.78. The third-order valence-corrected chi connectivity index (χ3v) is 2.85. The number of aliphatic hydroxyl groups excluding tert-OH is 1. The molecule has 1 rings (SSSR count). The van der Waals surface area contributed by atoms with E-state index < -0.39 is 6.09 Å². The number of primary amides is 1. The first-order valence-corrected chi connectivity index (χ1v) is 6.52. The molecular weight excluding hydrogens is 244 g/mol. The average Bonchev–Trinajstić information content (AvgIpc) is 2.42. The molecule has 1 aromatic carbocycles. The Morgan fingerprint density at radius 3 is 2.68 bits per heavy atom. The number of carbonyl (C=O) groups is 1. The molecule has 0 heterocycles. The van der Waals surface area contributed by atoms with Gasteiger partial charge in [-0.25, -0.2) is 4.79 Å². The molecule has 0 saturated carbocycles. The zero-order valence-electron chi connectivity index (χ0n) is 11.0. The van der Waals surface area contributed by atoms with Crippen molar-refractivity contribution in [1.82, 2.24) is 5.32 Å². The fourth-order valence-corrected chi connectivity index (χ4v) is 1.78. The number of rotatable bonds is 9. The van der Waals surface area contributed by atoms with Crippen LogP contribution in [0.4, 0.5) is 4.79 Å². The van der Waals surface area contributed by atoms with Crippen LogP contribution >= 0.6 is 0 Å². The highest BCUT2D eigenvalue weighted by molar-refractivity contribution is 5.64. The highest BCUT2D eigenvalue weighted by Crippen LogP contribution is 2.04. The summed E-state index contributed by atoms with van der Waals surface area (Å²) in [7, 11) is 0. The number of benzene rings is 1. The largest absolute Gasteiger partial charge is 0.450 e. The molecule has 0 saturated heterocycles. The molecule has 0 aliphatic heterocycles. The second-order valence-electron chi connectivity index (χ2n) is 4.41. The van der Waals surface area contributed by atoms with Crippen LogP contribution in [0.3, 0.4) is 0 Å². The van der Waals surface area contributed by atoms with Crippen molar-refractivity contribution in [2.45, 2.75) is 31.8 Å². The molecule has 1 atom stereocenters. The van der Waals surface area contributed by atoms with Crippen LogP contribution in [0.2, 0.25) is 0 Å². The first-order chi connectivity index (χ1) is 9.22. The SMILES string of the molecule is NC(=O)OCCCCC(CO)NCc1ccccc1. The van der Waals surface area contributed by atoms with E-state index in [1.807, 2.05) is 30.3 Å². The zero-order valence-corrected chi connectivity index (χ0v) is 11.0. The van der Waals surface area contributed by atoms with Gasteiger partial charge in [0.25, 0.3) is 0 Å². The Morgan fingerprint density at radius 1 is 1.32 bits per heavy atom. The van der Waals surface area contributed by atoms with Crippen LogP contribution in [0.15, 0.2) is 30.3 Å². The number of amides is 1. The van der Waals surface area contributed by atoms with Gasteiger partial charge in [-0.15, -0.1) is 0 Å². The molecule has 19 heavy (non-hydrogen) atoms. The lowest BCUT2D eigenvalue weighted by Gasteiger charge is -2.16. The Hall–Kier alpha value is -1.59. The Morgan fingerprint density at radius 2 is 2.05 bits per heavy atom. The molecule has 0 aliphatic rings. The highest BCUT2D eigenvalue weighted by Gasteiger charge is 2.06. The van der Waals surface area contributed by atoms with E-state index in [1.54, 1.807) is 0 Å². The van der Waals surface area contributed by atoms with Crippen LogP contribution in [0.25, 0.3) is 0 Å². The molecule has 106 valence electrons. The summed E-state index contributed by atoms with van der Waals surface area (Å²) in [5, 5.41) is 12.6. The van der Waals surface area contributed by atoms with Crippen molar-refractivity contribution >= 4 is 6.09 Å². The summed E-state index contributed by atoms with van der Waals surface area (Å²) < 4.78 is 4.64. The van der Waals surface area contributed by atoms with Crippen molar-refractivity contribution in [3.8, 4) is 0 Å². The van der Waals surface area contributed by atoms with E-state index in [1.165, 1.54) is 5.56 Å². The normalized spacial score (nSPS) is 12.1. The van der Waals surface area contributed by atoms with Gasteiger partial charge < -0.3 is 20.9 Å². The van der Waals surface area contributed by atoms with E-state index in [9.17, 15) is 9.90 Å². The van der Waals surface area contributed by atoms with Crippen molar-refractivity contribution < 1.29 is 14.6 Å². The summed E-state index contributed by atoms with van der Waals surface area (Å²) in [5.41, 5.74) is 6.05. The van der Waals surface area contributed by atoms with Crippen LogP contribution in [0.5, 0.6) is 0 Å². The lowest BCUT2D eigenvalue weighted by Crippen LogP contribution is -2.32. The van der Waals surface area contributed by atoms with Gasteiger partial charge in [-0.1, -0.05) is 30.3 Å². The third-order valence-electron chi connectivity index (χ3n) is 2.85. The second kappa shape index (κ2) is 9.35. The molecule has 1 unspecified atom stereocenters. The first-order valence-electron chi connectivity index (χ1n) is 6.52. The Kier molecular flexibility index (Phi) is 7.62. The Labute approximate surface area is 113 Å². The fraction of sp³-hybridized carbons (Fsp3) is 0.500. The minimum Gasteiger partial charge on any atom is -0.450 e. The number of unbranched alkanes of at least 4 members (excludes halogenated alkanes) is 1. The molecule has 0 aliphatic carbocycles. The second-order valence-corrected chi connectivity index (χ2v) is 4.41. The monoisotopic (exact) mass is 266 g/mol. The van der Waals surface area contributed by atoms with Crippen LogP contribution in [-0.4, -0.2) is 30.5 Å². The maximum atomic E-state index is 10.4. The van der Waals surface area contributed by atoms with Gasteiger partial charge in [0.1, 0.15) is 0 Å². The van der Waals surface area contributed by atoms with Gasteiger partial charge in [0.15, 0.2) is 0 Å². The van der Waals surface area contributed by atoms with Gasteiger partial charge in [-0.3, -0.25) is 0 Å². The molecule has 1 aromatic rings. The van der Waals surface area contributed by atoms with Crippen LogP contribution in [0.1, 0.15) is 24.8 Å². The minimum absolute atomic E-state index is 0.0637. The van der Waals surface area contributed by atoms with E-state index in [-0.39, 0.29) is 12.6 Å². The molecule has 0 spiro atoms. The van der Waals surface area contributed by atoms with Gasteiger partial charge in [0.05, 0.1) is 13.2 Å². The summed E-state index contributed by atoms with van der Waals surface area (Å²) in [6.45, 7) is 1.18. The van der Waals surface area contributed by atoms with Crippen molar-refractivity contribution in [2.75, 3.05) is 13.2 Å². The Balaban J connectivity index is 2.14. The predicted molar refractivity (Wildman–Crippen MR) is 73.5 cm³/mol. The molecule has 5 heteroatoms. The summed E-state index contributed by atoms with van der Waals surface area (Å²) in [5.74, 6) is 0. The van der Waals surface area contributed by atoms with Gasteiger partial charge in [-0.2, -0.15) is 0 Å². The molecule has 5 nitrogen and oxygen atoms in total. The first kappa shape index (κ1) is 15.5. The van der Waals surface area contributed by atoms with Crippen LogP contribution in [0, 0.1) is 0 Å². The van der Waals surface area contributed by atoms with E-state index in [4.69, 9.17) is 5.73 Å². The maximum absolute atomic E-state index is 10.4. The molecule has 0 radical (unpaired) electrons. The topological polar surface area (TPSA) is 84.6 Å². The molecule has 0 fully saturated rings. The molecule has 4 N–H and O–H groups in total. The number of carbonyl (C=O) groups excluding carboxylic acids is 1. The minimum atomic E-state index is -0.735. The zero-order chi connectivity index (χ0) is 13.9. The van der Waals surface area contributed by atoms with Gasteiger partial charge >= 0.3 is 6.09 Å². The highest BCUT2D eigenvalue weighted by atomic mass is 16.5. The van der Waals surface area contributed by atoms with Crippen molar-refractivity contribution in [3.05, 3.63) is 35.9 Å². The summed E-state index contributed by atoms with van der Waals surface area (Å²) in [6, 6.07) is 10.1. The smallest absolute Gasteiger partial charge is 0.404 e. The number of nitrogens with one attached hydrogen (secondary N) is 1. The quantitative estimate of drug-likeness (QED) is 0.590. The van der Waals surface area contributed by atoms with E-state index >= 15 is 0 Å². The number of nitrogens with two attached hydrogens (primary N) is 1. The van der Waals surface area contributed by atoms with E-state index in [0.29, 0.717) is 6.61 Å². The number of ether oxygens (including phenoxy) is 1. The van der Waals surface area contributed by atoms with Crippen LogP contribution in [-0.2, 0) is 11.3 Å². The lowest BCUT2D eigenvalue weighted by atomic mass is 10.1. The molecular formula is C14H22N2O3. The maximum Gasteiger partial charge on any atom is 0.404 e. The van der Waals surface area contributed by atoms with E-state index in [2.05, 4.69) is 10.1 Å². The van der Waals surface area contributed by atoms with Crippen LogP contribution < -0.4 is 11.1 Å². The summed E-state index contributed by atoms with van der Waals surface area (Å²) in [6.07, 6.45) is 1.74. The number of aliphatic hydroxyl groups is 1.